The maximum Gasteiger partial charge on any atom is 0.163 e. The predicted molar refractivity (Wildman–Crippen MR) is 67.0 cm³/mol. The molecule has 2 rings (SSSR count). The molecule has 0 unspecified atom stereocenters. The lowest BCUT2D eigenvalue weighted by molar-refractivity contribution is 0.0934. The average Bonchev–Trinajstić information content (AvgIpc) is 2.27. The van der Waals surface area contributed by atoms with Gasteiger partial charge in [-0.1, -0.05) is 19.9 Å². The highest BCUT2D eigenvalue weighted by Crippen LogP contribution is 2.34. The van der Waals surface area contributed by atoms with E-state index >= 15 is 0 Å². The SMILES string of the molecule is Cc1cc2c(cc1C)C(=O)CC(C)(C)CC2. The van der Waals surface area contributed by atoms with Crippen LogP contribution in [0.4, 0.5) is 0 Å². The zero-order valence-electron chi connectivity index (χ0n) is 10.7. The molecule has 0 aliphatic heterocycles. The van der Waals surface area contributed by atoms with E-state index in [1.54, 1.807) is 0 Å². The number of carbonyl (C=O) groups is 1. The molecule has 0 spiro atoms. The third-order valence-electron chi connectivity index (χ3n) is 3.73. The van der Waals surface area contributed by atoms with Gasteiger partial charge >= 0.3 is 0 Å². The van der Waals surface area contributed by atoms with Gasteiger partial charge in [-0.05, 0) is 54.9 Å². The molecule has 1 nitrogen and oxygen atoms in total. The normalized spacial score (nSPS) is 19.1. The van der Waals surface area contributed by atoms with Crippen LogP contribution in [0.15, 0.2) is 12.1 Å². The molecule has 0 saturated heterocycles. The second-order valence-corrected chi connectivity index (χ2v) is 5.86. The van der Waals surface area contributed by atoms with Crippen LogP contribution >= 0.6 is 0 Å². The van der Waals surface area contributed by atoms with E-state index in [0.717, 1.165) is 18.4 Å². The molecule has 1 aliphatic carbocycles. The summed E-state index contributed by atoms with van der Waals surface area (Å²) in [5, 5.41) is 0. The van der Waals surface area contributed by atoms with Crippen LogP contribution in [0.1, 0.15) is 53.7 Å². The molecule has 1 aliphatic rings. The van der Waals surface area contributed by atoms with E-state index in [2.05, 4.69) is 39.8 Å². The molecule has 0 saturated carbocycles. The van der Waals surface area contributed by atoms with Crippen LogP contribution in [-0.2, 0) is 6.42 Å². The number of ketones is 1. The average molecular weight is 216 g/mol. The smallest absolute Gasteiger partial charge is 0.163 e. The Bertz CT molecular complexity index is 441. The van der Waals surface area contributed by atoms with E-state index in [1.165, 1.54) is 16.7 Å². The van der Waals surface area contributed by atoms with Crippen molar-refractivity contribution >= 4 is 5.78 Å². The van der Waals surface area contributed by atoms with Gasteiger partial charge in [-0.15, -0.1) is 0 Å². The Hall–Kier alpha value is -1.11. The standard InChI is InChI=1S/C15H20O/c1-10-7-12-5-6-15(3,4)9-14(16)13(12)8-11(10)2/h7-8H,5-6,9H2,1-4H3. The first kappa shape index (κ1) is 11.4. The van der Waals surface area contributed by atoms with Gasteiger partial charge in [-0.2, -0.15) is 0 Å². The van der Waals surface area contributed by atoms with E-state index < -0.39 is 0 Å². The summed E-state index contributed by atoms with van der Waals surface area (Å²) >= 11 is 0. The largest absolute Gasteiger partial charge is 0.294 e. The van der Waals surface area contributed by atoms with Gasteiger partial charge in [0.2, 0.25) is 0 Å². The highest BCUT2D eigenvalue weighted by molar-refractivity contribution is 5.98. The third-order valence-corrected chi connectivity index (χ3v) is 3.73. The Morgan fingerprint density at radius 3 is 2.44 bits per heavy atom. The third kappa shape index (κ3) is 2.04. The van der Waals surface area contributed by atoms with Crippen molar-refractivity contribution < 1.29 is 4.79 Å². The Morgan fingerprint density at radius 2 is 1.75 bits per heavy atom. The number of hydrogen-bond donors (Lipinski definition) is 0. The Kier molecular flexibility index (Phi) is 2.65. The van der Waals surface area contributed by atoms with Crippen molar-refractivity contribution in [3.05, 3.63) is 34.4 Å². The molecule has 0 bridgehead atoms. The molecule has 1 aromatic carbocycles. The summed E-state index contributed by atoms with van der Waals surface area (Å²) < 4.78 is 0. The number of Topliss-reactive ketones (excluding diaryl/α,β-unsaturated/α-hetero) is 1. The van der Waals surface area contributed by atoms with Crippen molar-refractivity contribution in [1.29, 1.82) is 0 Å². The number of carbonyl (C=O) groups excluding carboxylic acids is 1. The maximum atomic E-state index is 12.2. The predicted octanol–water partition coefficient (Wildman–Crippen LogP) is 3.85. The fourth-order valence-electron chi connectivity index (χ4n) is 2.43. The molecule has 0 N–H and O–H groups in total. The topological polar surface area (TPSA) is 17.1 Å². The molecule has 0 aromatic heterocycles. The first-order valence-electron chi connectivity index (χ1n) is 6.02. The van der Waals surface area contributed by atoms with E-state index in [4.69, 9.17) is 0 Å². The molecule has 0 amide bonds. The molecule has 0 heterocycles. The van der Waals surface area contributed by atoms with Gasteiger partial charge in [-0.3, -0.25) is 4.79 Å². The van der Waals surface area contributed by atoms with Crippen LogP contribution in [0.2, 0.25) is 0 Å². The second-order valence-electron chi connectivity index (χ2n) is 5.86. The lowest BCUT2D eigenvalue weighted by atomic mass is 9.84. The van der Waals surface area contributed by atoms with Gasteiger partial charge in [0.25, 0.3) is 0 Å². The van der Waals surface area contributed by atoms with Gasteiger partial charge in [0.05, 0.1) is 0 Å². The van der Waals surface area contributed by atoms with Crippen molar-refractivity contribution in [3.63, 3.8) is 0 Å². The van der Waals surface area contributed by atoms with Crippen molar-refractivity contribution in [2.45, 2.75) is 47.0 Å². The van der Waals surface area contributed by atoms with Crippen LogP contribution in [0, 0.1) is 19.3 Å². The van der Waals surface area contributed by atoms with E-state index in [1.807, 2.05) is 0 Å². The monoisotopic (exact) mass is 216 g/mol. The molecule has 0 radical (unpaired) electrons. The molecule has 0 fully saturated rings. The number of rotatable bonds is 0. The van der Waals surface area contributed by atoms with Crippen LogP contribution in [0.25, 0.3) is 0 Å². The number of hydrogen-bond acceptors (Lipinski definition) is 1. The highest BCUT2D eigenvalue weighted by atomic mass is 16.1. The minimum absolute atomic E-state index is 0.151. The summed E-state index contributed by atoms with van der Waals surface area (Å²) in [5.74, 6) is 0.320. The van der Waals surface area contributed by atoms with Crippen LogP contribution in [0.5, 0.6) is 0 Å². The van der Waals surface area contributed by atoms with E-state index in [0.29, 0.717) is 12.2 Å². The lowest BCUT2D eigenvalue weighted by Gasteiger charge is -2.20. The first-order chi connectivity index (χ1) is 7.39. The quantitative estimate of drug-likeness (QED) is 0.602. The van der Waals surface area contributed by atoms with Crippen LogP contribution in [0.3, 0.4) is 0 Å². The van der Waals surface area contributed by atoms with Crippen LogP contribution in [-0.4, -0.2) is 5.78 Å². The highest BCUT2D eigenvalue weighted by Gasteiger charge is 2.28. The van der Waals surface area contributed by atoms with E-state index in [-0.39, 0.29) is 5.41 Å². The Morgan fingerprint density at radius 1 is 1.12 bits per heavy atom. The summed E-state index contributed by atoms with van der Waals surface area (Å²) in [6, 6.07) is 4.28. The second kappa shape index (κ2) is 3.73. The summed E-state index contributed by atoms with van der Waals surface area (Å²) in [4.78, 5) is 12.2. The molecule has 1 heteroatoms. The van der Waals surface area contributed by atoms with Crippen molar-refractivity contribution in [1.82, 2.24) is 0 Å². The summed E-state index contributed by atoms with van der Waals surface area (Å²) in [6.45, 7) is 8.59. The molecular weight excluding hydrogens is 196 g/mol. The minimum atomic E-state index is 0.151. The van der Waals surface area contributed by atoms with Crippen molar-refractivity contribution in [2.24, 2.45) is 5.41 Å². The Balaban J connectivity index is 2.49. The lowest BCUT2D eigenvalue weighted by Crippen LogP contribution is -2.14. The summed E-state index contributed by atoms with van der Waals surface area (Å²) in [5.41, 5.74) is 4.89. The van der Waals surface area contributed by atoms with Gasteiger partial charge < -0.3 is 0 Å². The minimum Gasteiger partial charge on any atom is -0.294 e. The zero-order valence-corrected chi connectivity index (χ0v) is 10.7. The maximum absolute atomic E-state index is 12.2. The summed E-state index contributed by atoms with van der Waals surface area (Å²) in [6.07, 6.45) is 2.83. The Labute approximate surface area is 97.9 Å². The fraction of sp³-hybridized carbons (Fsp3) is 0.533. The van der Waals surface area contributed by atoms with Gasteiger partial charge in [0, 0.05) is 12.0 Å². The fourth-order valence-corrected chi connectivity index (χ4v) is 2.43. The van der Waals surface area contributed by atoms with Gasteiger partial charge in [0.15, 0.2) is 5.78 Å². The van der Waals surface area contributed by atoms with Crippen molar-refractivity contribution in [2.75, 3.05) is 0 Å². The number of fused-ring (bicyclic) bond motifs is 1. The van der Waals surface area contributed by atoms with Gasteiger partial charge in [0.1, 0.15) is 0 Å². The van der Waals surface area contributed by atoms with E-state index in [9.17, 15) is 4.79 Å². The number of benzene rings is 1. The summed E-state index contributed by atoms with van der Waals surface area (Å²) in [7, 11) is 0. The van der Waals surface area contributed by atoms with Gasteiger partial charge in [-0.25, -0.2) is 0 Å². The molecule has 16 heavy (non-hydrogen) atoms. The zero-order chi connectivity index (χ0) is 11.9. The molecular formula is C15H20O. The van der Waals surface area contributed by atoms with Crippen molar-refractivity contribution in [3.8, 4) is 0 Å². The molecule has 1 aromatic rings. The molecule has 0 atom stereocenters. The number of aryl methyl sites for hydroxylation is 3. The molecule has 86 valence electrons. The van der Waals surface area contributed by atoms with Crippen LogP contribution < -0.4 is 0 Å². The first-order valence-corrected chi connectivity index (χ1v) is 6.02.